The highest BCUT2D eigenvalue weighted by atomic mass is 32.3. The molecule has 0 radical (unpaired) electrons. The predicted octanol–water partition coefficient (Wildman–Crippen LogP) is -1.18. The zero-order valence-corrected chi connectivity index (χ0v) is 12.7. The summed E-state index contributed by atoms with van der Waals surface area (Å²) in [6.07, 6.45) is 0. The smallest absolute Gasteiger partial charge is 0.241 e. The van der Waals surface area contributed by atoms with Crippen molar-refractivity contribution >= 4 is 41.1 Å². The molecule has 19 heteroatoms. The minimum absolute atomic E-state index is 0.0383. The summed E-state index contributed by atoms with van der Waals surface area (Å²) in [6.45, 7) is 0. The molecule has 0 aromatic carbocycles. The molecule has 0 rings (SSSR count). The Kier molecular flexibility index (Phi) is 6.04. The maximum absolute atomic E-state index is 11.9. The summed E-state index contributed by atoms with van der Waals surface area (Å²) in [4.78, 5) is 0. The topological polar surface area (TPSA) is 144 Å². The van der Waals surface area contributed by atoms with E-state index in [2.05, 4.69) is 0 Å². The normalized spacial score (nSPS) is 16.5. The summed E-state index contributed by atoms with van der Waals surface area (Å²) in [5.74, 6) is 0. The van der Waals surface area contributed by atoms with E-state index in [0.29, 0.717) is 4.13 Å². The van der Waals surface area contributed by atoms with Crippen molar-refractivity contribution in [3.05, 3.63) is 0 Å². The van der Waals surface area contributed by atoms with Gasteiger partial charge in [-0.05, 0) is 0 Å². The first-order valence-corrected chi connectivity index (χ1v) is 10.0. The molecule has 1 atom stereocenters. The van der Waals surface area contributed by atoms with Crippen molar-refractivity contribution in [1.29, 1.82) is 0 Å². The van der Waals surface area contributed by atoms with Crippen molar-refractivity contribution in [2.75, 3.05) is 5.08 Å². The Morgan fingerprint density at radius 1 is 0.773 bits per heavy atom. The van der Waals surface area contributed by atoms with Gasteiger partial charge >= 0.3 is 31.1 Å². The van der Waals surface area contributed by atoms with Gasteiger partial charge in [0.05, 0.1) is 0 Å². The Labute approximate surface area is 121 Å². The fourth-order valence-electron chi connectivity index (χ4n) is 0.573. The Morgan fingerprint density at radius 2 is 1.14 bits per heavy atom. The highest BCUT2D eigenvalue weighted by molar-refractivity contribution is 8.13. The molecule has 0 aromatic rings. The number of hydrogen-bond donors (Lipinski definition) is 2. The molecular formula is C3H4F6N2O7S4. The molecule has 0 bridgehead atoms. The van der Waals surface area contributed by atoms with Crippen LogP contribution in [0, 0.1) is 0 Å². The van der Waals surface area contributed by atoms with Gasteiger partial charge in [-0.3, -0.25) is 0 Å². The van der Waals surface area contributed by atoms with Gasteiger partial charge < -0.3 is 0 Å². The first kappa shape index (κ1) is 21.5. The van der Waals surface area contributed by atoms with E-state index in [1.165, 1.54) is 0 Å². The van der Waals surface area contributed by atoms with Crippen LogP contribution in [0.5, 0.6) is 0 Å². The lowest BCUT2D eigenvalue weighted by atomic mass is 11.6. The van der Waals surface area contributed by atoms with Crippen molar-refractivity contribution in [2.24, 2.45) is 0 Å². The third-order valence-corrected chi connectivity index (χ3v) is 8.14. The second-order valence-electron chi connectivity index (χ2n) is 3.14. The van der Waals surface area contributed by atoms with Crippen LogP contribution in [0.25, 0.3) is 0 Å². The van der Waals surface area contributed by atoms with Crippen molar-refractivity contribution in [3.63, 3.8) is 0 Å². The van der Waals surface area contributed by atoms with Crippen LogP contribution in [0.15, 0.2) is 0 Å². The second kappa shape index (κ2) is 6.19. The van der Waals surface area contributed by atoms with Gasteiger partial charge in [-0.1, -0.05) is 0 Å². The van der Waals surface area contributed by atoms with Crippen molar-refractivity contribution in [2.45, 2.75) is 11.0 Å². The maximum atomic E-state index is 11.9. The lowest BCUT2D eigenvalue weighted by molar-refractivity contribution is -0.0446. The minimum atomic E-state index is -6.44. The van der Waals surface area contributed by atoms with Gasteiger partial charge in [-0.15, -0.1) is 8.25 Å². The van der Waals surface area contributed by atoms with Crippen molar-refractivity contribution < 1.29 is 55.8 Å². The predicted molar refractivity (Wildman–Crippen MR) is 58.2 cm³/mol. The number of sulfonamides is 3. The molecule has 0 amide bonds. The molecule has 134 valence electrons. The van der Waals surface area contributed by atoms with Crippen LogP contribution in [-0.2, 0) is 41.1 Å². The molecule has 2 N–H and O–H groups in total. The molecule has 0 aromatic heterocycles. The number of rotatable bonds is 6. The van der Waals surface area contributed by atoms with Gasteiger partial charge in [-0.25, -0.2) is 29.5 Å². The van der Waals surface area contributed by atoms with Crippen LogP contribution in [0.1, 0.15) is 0 Å². The van der Waals surface area contributed by atoms with Gasteiger partial charge in [-0.2, -0.15) is 26.3 Å². The van der Waals surface area contributed by atoms with Crippen LogP contribution in [0.4, 0.5) is 26.3 Å². The fourth-order valence-corrected chi connectivity index (χ4v) is 6.02. The standard InChI is InChI=1S/C3H4F6N2O7S4/c4-2(5,6)21(15,16)10-19(12)1-20(13,14)11-22(17,18)3(7,8)9/h10-11H,1H2. The molecule has 0 saturated heterocycles. The number of alkyl halides is 6. The summed E-state index contributed by atoms with van der Waals surface area (Å²) in [5, 5.41) is -2.21. The molecular weight excluding hydrogens is 418 g/mol. The molecule has 0 spiro atoms. The van der Waals surface area contributed by atoms with Gasteiger partial charge in [0, 0.05) is 0 Å². The van der Waals surface area contributed by atoms with Crippen molar-refractivity contribution in [1.82, 2.24) is 8.25 Å². The van der Waals surface area contributed by atoms with Crippen molar-refractivity contribution in [3.8, 4) is 0 Å². The van der Waals surface area contributed by atoms with E-state index in [1.807, 2.05) is 0 Å². The molecule has 9 nitrogen and oxygen atoms in total. The minimum Gasteiger partial charge on any atom is -0.241 e. The van der Waals surface area contributed by atoms with Crippen LogP contribution >= 0.6 is 0 Å². The first-order chi connectivity index (χ1) is 9.31. The Balaban J connectivity index is 5.16. The second-order valence-corrected chi connectivity index (χ2v) is 10.3. The molecule has 0 saturated carbocycles. The van der Waals surface area contributed by atoms with Gasteiger partial charge in [0.25, 0.3) is 0 Å². The number of nitrogens with one attached hydrogen (secondary N) is 2. The quantitative estimate of drug-likeness (QED) is 0.513. The fraction of sp³-hybridized carbons (Fsp3) is 1.00. The highest BCUT2D eigenvalue weighted by Crippen LogP contribution is 2.23. The zero-order chi connectivity index (χ0) is 18.2. The lowest BCUT2D eigenvalue weighted by Crippen LogP contribution is -2.44. The summed E-state index contributed by atoms with van der Waals surface area (Å²) < 4.78 is 146. The monoisotopic (exact) mass is 422 g/mol. The van der Waals surface area contributed by atoms with E-state index in [4.69, 9.17) is 0 Å². The Bertz CT molecular complexity index is 745. The average Bonchev–Trinajstić information content (AvgIpc) is 2.07. The molecule has 0 fully saturated rings. The van der Waals surface area contributed by atoms with Gasteiger partial charge in [0.1, 0.15) is 11.0 Å². The SMILES string of the molecule is O=S(CS(=O)(=O)NS(=O)(=O)C(F)(F)F)NS(=O)(=O)C(F)(F)F. The first-order valence-electron chi connectivity index (χ1n) is 4.10. The summed E-state index contributed by atoms with van der Waals surface area (Å²) in [7, 11) is -21.9. The maximum Gasteiger partial charge on any atom is 0.512 e. The molecule has 0 aliphatic carbocycles. The molecule has 22 heavy (non-hydrogen) atoms. The molecule has 0 aliphatic rings. The van der Waals surface area contributed by atoms with E-state index in [1.54, 1.807) is 0 Å². The Hall–Kier alpha value is -0.500. The van der Waals surface area contributed by atoms with E-state index in [9.17, 15) is 55.8 Å². The summed E-state index contributed by atoms with van der Waals surface area (Å²) in [6, 6.07) is 0. The molecule has 0 aliphatic heterocycles. The Morgan fingerprint density at radius 3 is 1.45 bits per heavy atom. The van der Waals surface area contributed by atoms with Crippen LogP contribution in [0.3, 0.4) is 0 Å². The molecule has 1 unspecified atom stereocenters. The zero-order valence-electron chi connectivity index (χ0n) is 9.47. The van der Waals surface area contributed by atoms with E-state index >= 15 is 0 Å². The summed E-state index contributed by atoms with van der Waals surface area (Å²) >= 11 is 0. The van der Waals surface area contributed by atoms with Crippen LogP contribution < -0.4 is 8.25 Å². The van der Waals surface area contributed by atoms with E-state index in [0.717, 1.165) is 0 Å². The van der Waals surface area contributed by atoms with Gasteiger partial charge in [0.15, 0.2) is 5.08 Å². The average molecular weight is 422 g/mol. The number of hydrogen-bond acceptors (Lipinski definition) is 7. The third kappa shape index (κ3) is 5.95. The highest BCUT2D eigenvalue weighted by Gasteiger charge is 2.49. The van der Waals surface area contributed by atoms with Crippen LogP contribution in [-0.4, -0.2) is 45.6 Å². The summed E-state index contributed by atoms with van der Waals surface area (Å²) in [5.41, 5.74) is -12.1. The largest absolute Gasteiger partial charge is 0.512 e. The lowest BCUT2D eigenvalue weighted by Gasteiger charge is -2.11. The van der Waals surface area contributed by atoms with Crippen LogP contribution in [0.2, 0.25) is 0 Å². The number of halogens is 6. The molecule has 0 heterocycles. The third-order valence-electron chi connectivity index (χ3n) is 1.31. The van der Waals surface area contributed by atoms with E-state index in [-0.39, 0.29) is 4.13 Å². The van der Waals surface area contributed by atoms with Gasteiger partial charge in [0.2, 0.25) is 10.0 Å². The van der Waals surface area contributed by atoms with E-state index < -0.39 is 57.2 Å².